The van der Waals surface area contributed by atoms with Crippen LogP contribution in [0.1, 0.15) is 16.3 Å². The van der Waals surface area contributed by atoms with E-state index in [-0.39, 0.29) is 23.9 Å². The van der Waals surface area contributed by atoms with Crippen molar-refractivity contribution < 1.29 is 19.1 Å². The van der Waals surface area contributed by atoms with Crippen molar-refractivity contribution in [3.05, 3.63) is 70.7 Å². The van der Waals surface area contributed by atoms with E-state index in [1.54, 1.807) is 12.1 Å². The van der Waals surface area contributed by atoms with E-state index in [0.29, 0.717) is 11.5 Å². The second-order valence-electron chi connectivity index (χ2n) is 4.84. The molecule has 122 valence electrons. The molecule has 2 N–H and O–H groups in total. The molecule has 1 amide bonds. The minimum absolute atomic E-state index is 0.0748. The van der Waals surface area contributed by atoms with Gasteiger partial charge < -0.3 is 19.6 Å². The van der Waals surface area contributed by atoms with E-state index in [0.717, 1.165) is 4.47 Å². The molecule has 0 saturated heterocycles. The summed E-state index contributed by atoms with van der Waals surface area (Å²) >= 11 is 3.37. The number of carbonyl (C=O) groups is 1. The molecule has 0 radical (unpaired) electrons. The molecule has 6 nitrogen and oxygen atoms in total. The highest BCUT2D eigenvalue weighted by Gasteiger charge is 2.14. The van der Waals surface area contributed by atoms with Gasteiger partial charge in [-0.15, -0.1) is 0 Å². The van der Waals surface area contributed by atoms with Gasteiger partial charge in [-0.2, -0.15) is 0 Å². The van der Waals surface area contributed by atoms with Crippen molar-refractivity contribution in [3.8, 4) is 11.5 Å². The van der Waals surface area contributed by atoms with Gasteiger partial charge in [0.05, 0.1) is 0 Å². The number of rotatable bonds is 5. The van der Waals surface area contributed by atoms with Crippen molar-refractivity contribution in [1.29, 1.82) is 0 Å². The fourth-order valence-electron chi connectivity index (χ4n) is 1.95. The van der Waals surface area contributed by atoms with E-state index < -0.39 is 5.91 Å². The van der Waals surface area contributed by atoms with Crippen LogP contribution in [0.15, 0.2) is 63.6 Å². The Morgan fingerprint density at radius 2 is 2.12 bits per heavy atom. The molecule has 0 aliphatic carbocycles. The number of ether oxygens (including phenoxy) is 1. The number of aromatic nitrogens is 1. The standard InChI is InChI=1S/C17H13BrN2O4/c18-11-3-1-4-12(9-11)23-10-13-6-7-15(24-13)17(22)20-16-14(21)5-2-8-19-16/h1-9,21H,10H2,(H,19,20,22). The molecule has 7 heteroatoms. The second kappa shape index (κ2) is 7.18. The van der Waals surface area contributed by atoms with Gasteiger partial charge in [-0.05, 0) is 42.5 Å². The van der Waals surface area contributed by atoms with E-state index in [2.05, 4.69) is 26.2 Å². The summed E-state index contributed by atoms with van der Waals surface area (Å²) in [6, 6.07) is 13.6. The van der Waals surface area contributed by atoms with Crippen LogP contribution in [0, 0.1) is 0 Å². The van der Waals surface area contributed by atoms with Gasteiger partial charge in [0.2, 0.25) is 0 Å². The first-order chi connectivity index (χ1) is 11.6. The van der Waals surface area contributed by atoms with E-state index in [1.165, 1.54) is 18.3 Å². The zero-order valence-corrected chi connectivity index (χ0v) is 14.0. The molecule has 24 heavy (non-hydrogen) atoms. The molecular weight excluding hydrogens is 376 g/mol. The Kier molecular flexibility index (Phi) is 4.81. The monoisotopic (exact) mass is 388 g/mol. The third-order valence-electron chi connectivity index (χ3n) is 3.08. The number of nitrogens with zero attached hydrogens (tertiary/aromatic N) is 1. The lowest BCUT2D eigenvalue weighted by Gasteiger charge is -2.05. The van der Waals surface area contributed by atoms with Crippen LogP contribution < -0.4 is 10.1 Å². The molecule has 2 heterocycles. The molecule has 0 unspecified atom stereocenters. The number of aromatic hydroxyl groups is 1. The van der Waals surface area contributed by atoms with Crippen molar-refractivity contribution >= 4 is 27.7 Å². The topological polar surface area (TPSA) is 84.6 Å². The minimum Gasteiger partial charge on any atom is -0.504 e. The lowest BCUT2D eigenvalue weighted by molar-refractivity contribution is 0.0991. The predicted molar refractivity (Wildman–Crippen MR) is 91.0 cm³/mol. The van der Waals surface area contributed by atoms with Crippen LogP contribution in [0.4, 0.5) is 5.82 Å². The average molecular weight is 389 g/mol. The lowest BCUT2D eigenvalue weighted by atomic mass is 10.3. The second-order valence-corrected chi connectivity index (χ2v) is 5.75. The Morgan fingerprint density at radius 3 is 2.92 bits per heavy atom. The highest BCUT2D eigenvalue weighted by atomic mass is 79.9. The Morgan fingerprint density at radius 1 is 1.25 bits per heavy atom. The molecule has 3 rings (SSSR count). The normalized spacial score (nSPS) is 10.4. The van der Waals surface area contributed by atoms with Crippen LogP contribution in [0.2, 0.25) is 0 Å². The quantitative estimate of drug-likeness (QED) is 0.690. The highest BCUT2D eigenvalue weighted by Crippen LogP contribution is 2.21. The Hall–Kier alpha value is -2.80. The number of anilines is 1. The number of halogens is 1. The first-order valence-electron chi connectivity index (χ1n) is 7.04. The molecule has 1 aromatic carbocycles. The molecular formula is C17H13BrN2O4. The number of benzene rings is 1. The fraction of sp³-hybridized carbons (Fsp3) is 0.0588. The third kappa shape index (κ3) is 3.94. The molecule has 0 saturated carbocycles. The van der Waals surface area contributed by atoms with Gasteiger partial charge in [0.25, 0.3) is 5.91 Å². The lowest BCUT2D eigenvalue weighted by Crippen LogP contribution is -2.12. The summed E-state index contributed by atoms with van der Waals surface area (Å²) in [7, 11) is 0. The predicted octanol–water partition coefficient (Wildman–Crippen LogP) is 3.97. The van der Waals surface area contributed by atoms with Gasteiger partial charge in [-0.3, -0.25) is 4.79 Å². The highest BCUT2D eigenvalue weighted by molar-refractivity contribution is 9.10. The SMILES string of the molecule is O=C(Nc1ncccc1O)c1ccc(COc2cccc(Br)c2)o1. The zero-order chi connectivity index (χ0) is 16.9. The number of nitrogens with one attached hydrogen (secondary N) is 1. The smallest absolute Gasteiger partial charge is 0.292 e. The zero-order valence-electron chi connectivity index (χ0n) is 12.4. The molecule has 3 aromatic rings. The van der Waals surface area contributed by atoms with E-state index in [9.17, 15) is 9.90 Å². The van der Waals surface area contributed by atoms with Gasteiger partial charge in [0, 0.05) is 10.7 Å². The average Bonchev–Trinajstić information content (AvgIpc) is 3.04. The maximum Gasteiger partial charge on any atom is 0.292 e. The van der Waals surface area contributed by atoms with Crippen LogP contribution in [0.3, 0.4) is 0 Å². The van der Waals surface area contributed by atoms with E-state index >= 15 is 0 Å². The van der Waals surface area contributed by atoms with E-state index in [4.69, 9.17) is 9.15 Å². The van der Waals surface area contributed by atoms with Gasteiger partial charge in [-0.1, -0.05) is 22.0 Å². The number of hydrogen-bond acceptors (Lipinski definition) is 5. The number of carbonyl (C=O) groups excluding carboxylic acids is 1. The molecule has 0 fully saturated rings. The van der Waals surface area contributed by atoms with Crippen LogP contribution in [0.5, 0.6) is 11.5 Å². The largest absolute Gasteiger partial charge is 0.504 e. The first-order valence-corrected chi connectivity index (χ1v) is 7.83. The van der Waals surface area contributed by atoms with Crippen molar-refractivity contribution in [1.82, 2.24) is 4.98 Å². The summed E-state index contributed by atoms with van der Waals surface area (Å²) in [6.45, 7) is 0.193. The molecule has 2 aromatic heterocycles. The summed E-state index contributed by atoms with van der Waals surface area (Å²) < 4.78 is 12.0. The van der Waals surface area contributed by atoms with Crippen molar-refractivity contribution in [3.63, 3.8) is 0 Å². The Bertz CT molecular complexity index is 863. The van der Waals surface area contributed by atoms with Crippen molar-refractivity contribution in [2.24, 2.45) is 0 Å². The molecule has 0 aliphatic heterocycles. The summed E-state index contributed by atoms with van der Waals surface area (Å²) in [6.07, 6.45) is 1.47. The van der Waals surface area contributed by atoms with Crippen LogP contribution in [0.25, 0.3) is 0 Å². The maximum atomic E-state index is 12.1. The van der Waals surface area contributed by atoms with Gasteiger partial charge in [0.15, 0.2) is 17.3 Å². The van der Waals surface area contributed by atoms with Gasteiger partial charge in [-0.25, -0.2) is 4.98 Å². The summed E-state index contributed by atoms with van der Waals surface area (Å²) in [5, 5.41) is 12.1. The van der Waals surface area contributed by atoms with Crippen LogP contribution >= 0.6 is 15.9 Å². The van der Waals surface area contributed by atoms with Crippen LogP contribution in [-0.2, 0) is 6.61 Å². The Balaban J connectivity index is 1.62. The molecule has 0 bridgehead atoms. The van der Waals surface area contributed by atoms with Crippen molar-refractivity contribution in [2.75, 3.05) is 5.32 Å². The third-order valence-corrected chi connectivity index (χ3v) is 3.57. The summed E-state index contributed by atoms with van der Waals surface area (Å²) in [5.74, 6) is 0.752. The number of furan rings is 1. The first kappa shape index (κ1) is 16.1. The van der Waals surface area contributed by atoms with Crippen molar-refractivity contribution in [2.45, 2.75) is 6.61 Å². The molecule has 0 atom stereocenters. The number of hydrogen-bond donors (Lipinski definition) is 2. The molecule has 0 aliphatic rings. The number of pyridine rings is 1. The van der Waals surface area contributed by atoms with E-state index in [1.807, 2.05) is 24.3 Å². The minimum atomic E-state index is -0.502. The van der Waals surface area contributed by atoms with Gasteiger partial charge >= 0.3 is 0 Å². The van der Waals surface area contributed by atoms with Gasteiger partial charge in [0.1, 0.15) is 18.1 Å². The number of amides is 1. The maximum absolute atomic E-state index is 12.1. The molecule has 0 spiro atoms. The Labute approximate surface area is 146 Å². The van der Waals surface area contributed by atoms with Crippen LogP contribution in [-0.4, -0.2) is 16.0 Å². The summed E-state index contributed by atoms with van der Waals surface area (Å²) in [4.78, 5) is 16.0. The summed E-state index contributed by atoms with van der Waals surface area (Å²) in [5.41, 5.74) is 0. The fourth-order valence-corrected chi connectivity index (χ4v) is 2.33.